The minimum absolute atomic E-state index is 0.126. The number of anilines is 1. The van der Waals surface area contributed by atoms with Gasteiger partial charge in [0.25, 0.3) is 0 Å². The Bertz CT molecular complexity index is 605. The number of hydrogen-bond acceptors (Lipinski definition) is 6. The molecule has 0 bridgehead atoms. The average molecular weight is 274 g/mol. The van der Waals surface area contributed by atoms with Crippen LogP contribution in [-0.4, -0.2) is 27.8 Å². The molecule has 1 atom stereocenters. The topological polar surface area (TPSA) is 73.9 Å². The maximum atomic E-state index is 5.75. The zero-order chi connectivity index (χ0) is 13.2. The van der Waals surface area contributed by atoms with Gasteiger partial charge < -0.3 is 10.5 Å². The van der Waals surface area contributed by atoms with Crippen molar-refractivity contribution in [3.8, 4) is 5.75 Å². The molecule has 0 amide bonds. The van der Waals surface area contributed by atoms with Crippen LogP contribution < -0.4 is 10.5 Å². The van der Waals surface area contributed by atoms with Gasteiger partial charge in [0.2, 0.25) is 5.95 Å². The number of hydrogen-bond donors (Lipinski definition) is 1. The molecular formula is C13H14N4OS. The molecule has 1 aromatic heterocycles. The van der Waals surface area contributed by atoms with Crippen molar-refractivity contribution in [2.24, 2.45) is 0 Å². The lowest BCUT2D eigenvalue weighted by molar-refractivity contribution is 0.274. The van der Waals surface area contributed by atoms with Crippen LogP contribution in [0.5, 0.6) is 5.75 Å². The maximum Gasteiger partial charge on any atom is 0.224 e. The quantitative estimate of drug-likeness (QED) is 0.845. The Labute approximate surface area is 115 Å². The summed E-state index contributed by atoms with van der Waals surface area (Å²) in [7, 11) is 0. The third-order valence-corrected chi connectivity index (χ3v) is 3.65. The second kappa shape index (κ2) is 5.05. The number of nitrogens with two attached hydrogens (primary N) is 1. The Morgan fingerprint density at radius 1 is 1.26 bits per heavy atom. The standard InChI is InChI=1S/C13H14N4OS/c1-19-13-16-11(15-12(14)17-13)9-6-7-18-10-5-3-2-4-8(9)10/h2-5,9H,6-7H2,1H3,(H2,14,15,16,17). The first kappa shape index (κ1) is 12.2. The van der Waals surface area contributed by atoms with Gasteiger partial charge in [0.05, 0.1) is 12.5 Å². The third kappa shape index (κ3) is 2.35. The second-order valence-electron chi connectivity index (χ2n) is 4.27. The molecule has 0 saturated heterocycles. The molecule has 1 aromatic carbocycles. The molecule has 2 aromatic rings. The smallest absolute Gasteiger partial charge is 0.224 e. The zero-order valence-electron chi connectivity index (χ0n) is 10.5. The average Bonchev–Trinajstić information content (AvgIpc) is 2.46. The van der Waals surface area contributed by atoms with E-state index in [2.05, 4.69) is 21.0 Å². The van der Waals surface area contributed by atoms with Crippen LogP contribution in [0.25, 0.3) is 0 Å². The number of thioether (sulfide) groups is 1. The van der Waals surface area contributed by atoms with Gasteiger partial charge >= 0.3 is 0 Å². The van der Waals surface area contributed by atoms with Crippen LogP contribution in [0.2, 0.25) is 0 Å². The molecule has 5 nitrogen and oxygen atoms in total. The summed E-state index contributed by atoms with van der Waals surface area (Å²) in [5, 5.41) is 0.659. The van der Waals surface area contributed by atoms with Gasteiger partial charge in [0.15, 0.2) is 5.16 Å². The van der Waals surface area contributed by atoms with E-state index in [1.54, 1.807) is 0 Å². The van der Waals surface area contributed by atoms with Crippen molar-refractivity contribution in [1.29, 1.82) is 0 Å². The summed E-state index contributed by atoms with van der Waals surface area (Å²) in [6.07, 6.45) is 2.78. The van der Waals surface area contributed by atoms with E-state index < -0.39 is 0 Å². The van der Waals surface area contributed by atoms with E-state index in [0.29, 0.717) is 11.8 Å². The minimum atomic E-state index is 0.126. The molecule has 0 fully saturated rings. The summed E-state index contributed by atoms with van der Waals surface area (Å²) in [6.45, 7) is 0.669. The molecule has 0 saturated carbocycles. The maximum absolute atomic E-state index is 5.75. The lowest BCUT2D eigenvalue weighted by atomic mass is 9.92. The first-order valence-electron chi connectivity index (χ1n) is 6.05. The summed E-state index contributed by atoms with van der Waals surface area (Å²) >= 11 is 1.47. The summed E-state index contributed by atoms with van der Waals surface area (Å²) in [5.74, 6) is 2.04. The molecule has 2 heterocycles. The van der Waals surface area contributed by atoms with E-state index in [0.717, 1.165) is 23.6 Å². The monoisotopic (exact) mass is 274 g/mol. The van der Waals surface area contributed by atoms with Crippen molar-refractivity contribution >= 4 is 17.7 Å². The Morgan fingerprint density at radius 3 is 2.95 bits per heavy atom. The molecule has 1 aliphatic rings. The molecule has 0 spiro atoms. The van der Waals surface area contributed by atoms with Crippen LogP contribution in [0.1, 0.15) is 23.7 Å². The van der Waals surface area contributed by atoms with Crippen LogP contribution in [0.15, 0.2) is 29.4 Å². The van der Waals surface area contributed by atoms with Gasteiger partial charge in [-0.1, -0.05) is 30.0 Å². The van der Waals surface area contributed by atoms with E-state index in [9.17, 15) is 0 Å². The lowest BCUT2D eigenvalue weighted by Crippen LogP contribution is -2.18. The normalized spacial score (nSPS) is 17.6. The fraction of sp³-hybridized carbons (Fsp3) is 0.308. The number of nitrogens with zero attached hydrogens (tertiary/aromatic N) is 3. The van der Waals surface area contributed by atoms with Crippen molar-refractivity contribution in [2.75, 3.05) is 18.6 Å². The highest BCUT2D eigenvalue weighted by Gasteiger charge is 2.25. The first-order valence-corrected chi connectivity index (χ1v) is 7.27. The number of rotatable bonds is 2. The van der Waals surface area contributed by atoms with Gasteiger partial charge in [-0.3, -0.25) is 0 Å². The fourth-order valence-corrected chi connectivity index (χ4v) is 2.62. The first-order chi connectivity index (χ1) is 9.28. The van der Waals surface area contributed by atoms with E-state index in [-0.39, 0.29) is 11.9 Å². The highest BCUT2D eigenvalue weighted by molar-refractivity contribution is 7.98. The van der Waals surface area contributed by atoms with Crippen LogP contribution in [-0.2, 0) is 0 Å². The predicted molar refractivity (Wildman–Crippen MR) is 74.4 cm³/mol. The SMILES string of the molecule is CSc1nc(N)nc(C2CCOc3ccccc32)n1. The Hall–Kier alpha value is -1.82. The number of para-hydroxylation sites is 1. The summed E-state index contributed by atoms with van der Waals surface area (Å²) in [6, 6.07) is 8.00. The molecule has 3 rings (SSSR count). The molecule has 1 unspecified atom stereocenters. The Kier molecular flexibility index (Phi) is 3.25. The summed E-state index contributed by atoms with van der Waals surface area (Å²) in [5.41, 5.74) is 6.87. The number of benzene rings is 1. The highest BCUT2D eigenvalue weighted by Crippen LogP contribution is 2.36. The number of ether oxygens (including phenoxy) is 1. The summed E-state index contributed by atoms with van der Waals surface area (Å²) in [4.78, 5) is 12.9. The molecule has 19 heavy (non-hydrogen) atoms. The fourth-order valence-electron chi connectivity index (χ4n) is 2.25. The van der Waals surface area contributed by atoms with Gasteiger partial charge in [0.1, 0.15) is 11.6 Å². The lowest BCUT2D eigenvalue weighted by Gasteiger charge is -2.24. The van der Waals surface area contributed by atoms with Gasteiger partial charge in [-0.2, -0.15) is 9.97 Å². The van der Waals surface area contributed by atoms with Gasteiger partial charge in [-0.05, 0) is 18.7 Å². The van der Waals surface area contributed by atoms with Crippen LogP contribution >= 0.6 is 11.8 Å². The Balaban J connectivity index is 2.06. The van der Waals surface area contributed by atoms with Crippen LogP contribution in [0.4, 0.5) is 5.95 Å². The third-order valence-electron chi connectivity index (χ3n) is 3.10. The van der Waals surface area contributed by atoms with Crippen molar-refractivity contribution in [3.63, 3.8) is 0 Å². The number of fused-ring (bicyclic) bond motifs is 1. The molecule has 98 valence electrons. The highest BCUT2D eigenvalue weighted by atomic mass is 32.2. The number of aromatic nitrogens is 3. The van der Waals surface area contributed by atoms with E-state index in [1.165, 1.54) is 11.8 Å². The van der Waals surface area contributed by atoms with Gasteiger partial charge in [-0.15, -0.1) is 0 Å². The number of nitrogen functional groups attached to an aromatic ring is 1. The molecule has 6 heteroatoms. The molecule has 1 aliphatic heterocycles. The van der Waals surface area contributed by atoms with Gasteiger partial charge in [0, 0.05) is 5.56 Å². The van der Waals surface area contributed by atoms with Crippen molar-refractivity contribution in [3.05, 3.63) is 35.7 Å². The van der Waals surface area contributed by atoms with E-state index >= 15 is 0 Å². The molecular weight excluding hydrogens is 260 g/mol. The Morgan fingerprint density at radius 2 is 2.11 bits per heavy atom. The van der Waals surface area contributed by atoms with E-state index in [1.807, 2.05) is 24.5 Å². The molecule has 0 aliphatic carbocycles. The van der Waals surface area contributed by atoms with Crippen molar-refractivity contribution in [2.45, 2.75) is 17.5 Å². The van der Waals surface area contributed by atoms with Crippen molar-refractivity contribution < 1.29 is 4.74 Å². The van der Waals surface area contributed by atoms with Crippen LogP contribution in [0.3, 0.4) is 0 Å². The largest absolute Gasteiger partial charge is 0.493 e. The zero-order valence-corrected chi connectivity index (χ0v) is 11.4. The predicted octanol–water partition coefficient (Wildman–Crippen LogP) is 2.09. The second-order valence-corrected chi connectivity index (χ2v) is 5.04. The van der Waals surface area contributed by atoms with Crippen LogP contribution in [0, 0.1) is 0 Å². The van der Waals surface area contributed by atoms with E-state index in [4.69, 9.17) is 10.5 Å². The molecule has 2 N–H and O–H groups in total. The molecule has 0 radical (unpaired) electrons. The van der Waals surface area contributed by atoms with Gasteiger partial charge in [-0.25, -0.2) is 4.98 Å². The summed E-state index contributed by atoms with van der Waals surface area (Å²) < 4.78 is 5.65. The minimum Gasteiger partial charge on any atom is -0.493 e. The van der Waals surface area contributed by atoms with Crippen molar-refractivity contribution in [1.82, 2.24) is 15.0 Å².